The van der Waals surface area contributed by atoms with Gasteiger partial charge in [0.15, 0.2) is 0 Å². The van der Waals surface area contributed by atoms with E-state index in [1.807, 2.05) is 0 Å². The van der Waals surface area contributed by atoms with E-state index in [9.17, 15) is 13.6 Å². The molecule has 0 amide bonds. The second kappa shape index (κ2) is 4.04. The minimum Gasteiger partial charge on any atom is -0.462 e. The molecule has 7 heteroatoms. The standard InChI is InChI=1S/C7H7BrF2N2O2/c1-2-14-6(13)5-3-11-12(4-5)7(8,9)10/h3-4H,2H2,1H3. The monoisotopic (exact) mass is 268 g/mol. The Morgan fingerprint density at radius 1 is 1.79 bits per heavy atom. The Hall–Kier alpha value is -0.980. The van der Waals surface area contributed by atoms with E-state index in [-0.39, 0.29) is 12.2 Å². The Morgan fingerprint density at radius 2 is 2.43 bits per heavy atom. The van der Waals surface area contributed by atoms with Crippen molar-refractivity contribution in [2.75, 3.05) is 6.61 Å². The zero-order chi connectivity index (χ0) is 10.8. The van der Waals surface area contributed by atoms with Crippen LogP contribution in [0.5, 0.6) is 0 Å². The average molecular weight is 269 g/mol. The molecule has 0 radical (unpaired) electrons. The molecule has 0 saturated carbocycles. The molecule has 0 aliphatic heterocycles. The summed E-state index contributed by atoms with van der Waals surface area (Å²) >= 11 is 2.10. The summed E-state index contributed by atoms with van der Waals surface area (Å²) in [4.78, 5) is 7.76. The molecule has 1 aromatic heterocycles. The SMILES string of the molecule is CCOC(=O)c1cnn(C(F)(F)Br)c1. The predicted octanol–water partition coefficient (Wildman–Crippen LogP) is 1.96. The van der Waals surface area contributed by atoms with Gasteiger partial charge in [-0.1, -0.05) is 0 Å². The average Bonchev–Trinajstić information content (AvgIpc) is 2.51. The van der Waals surface area contributed by atoms with Crippen molar-refractivity contribution in [1.82, 2.24) is 9.78 Å². The molecule has 1 rings (SSSR count). The Morgan fingerprint density at radius 3 is 2.86 bits per heavy atom. The molecule has 1 aromatic rings. The maximum absolute atomic E-state index is 12.6. The van der Waals surface area contributed by atoms with E-state index >= 15 is 0 Å². The van der Waals surface area contributed by atoms with E-state index in [4.69, 9.17) is 0 Å². The molecule has 0 aromatic carbocycles. The first kappa shape index (κ1) is 11.1. The van der Waals surface area contributed by atoms with E-state index in [0.29, 0.717) is 4.68 Å². The number of nitrogens with zero attached hydrogens (tertiary/aromatic N) is 2. The lowest BCUT2D eigenvalue weighted by Crippen LogP contribution is -2.15. The number of hydrogen-bond donors (Lipinski definition) is 0. The summed E-state index contributed by atoms with van der Waals surface area (Å²) in [7, 11) is 0. The van der Waals surface area contributed by atoms with Crippen LogP contribution in [0.4, 0.5) is 8.78 Å². The first-order valence-corrected chi connectivity index (χ1v) is 4.53. The Kier molecular flexibility index (Phi) is 3.20. The van der Waals surface area contributed by atoms with Gasteiger partial charge in [0.1, 0.15) is 0 Å². The van der Waals surface area contributed by atoms with Crippen molar-refractivity contribution >= 4 is 21.9 Å². The highest BCUT2D eigenvalue weighted by Gasteiger charge is 2.28. The zero-order valence-electron chi connectivity index (χ0n) is 7.21. The highest BCUT2D eigenvalue weighted by atomic mass is 79.9. The van der Waals surface area contributed by atoms with Crippen molar-refractivity contribution in [3.8, 4) is 0 Å². The Balaban J connectivity index is 2.83. The van der Waals surface area contributed by atoms with E-state index in [1.165, 1.54) is 0 Å². The fraction of sp³-hybridized carbons (Fsp3) is 0.429. The summed E-state index contributed by atoms with van der Waals surface area (Å²) in [6.45, 7) is 1.82. The molecule has 0 bridgehead atoms. The zero-order valence-corrected chi connectivity index (χ0v) is 8.79. The molecular weight excluding hydrogens is 262 g/mol. The summed E-state index contributed by atoms with van der Waals surface area (Å²) in [5.41, 5.74) is -0.00836. The highest BCUT2D eigenvalue weighted by Crippen LogP contribution is 2.27. The minimum absolute atomic E-state index is 0.00836. The number of alkyl halides is 3. The van der Waals surface area contributed by atoms with Crippen molar-refractivity contribution in [1.29, 1.82) is 0 Å². The third-order valence-corrected chi connectivity index (χ3v) is 1.72. The van der Waals surface area contributed by atoms with Gasteiger partial charge in [0.25, 0.3) is 0 Å². The number of carbonyl (C=O) groups excluding carboxylic acids is 1. The maximum atomic E-state index is 12.6. The molecule has 0 N–H and O–H groups in total. The van der Waals surface area contributed by atoms with Gasteiger partial charge in [0.2, 0.25) is 0 Å². The van der Waals surface area contributed by atoms with Gasteiger partial charge in [-0.25, -0.2) is 4.79 Å². The number of esters is 1. The van der Waals surface area contributed by atoms with Crippen LogP contribution in [-0.4, -0.2) is 22.4 Å². The molecule has 1 heterocycles. The van der Waals surface area contributed by atoms with E-state index in [0.717, 1.165) is 12.4 Å². The summed E-state index contributed by atoms with van der Waals surface area (Å²) < 4.78 is 30.1. The van der Waals surface area contributed by atoms with Gasteiger partial charge in [-0.15, -0.1) is 0 Å². The first-order valence-electron chi connectivity index (χ1n) is 3.74. The first-order chi connectivity index (χ1) is 6.45. The van der Waals surface area contributed by atoms with E-state index in [2.05, 4.69) is 25.8 Å². The number of ether oxygens (including phenoxy) is 1. The lowest BCUT2D eigenvalue weighted by Gasteiger charge is -2.06. The number of carbonyl (C=O) groups is 1. The predicted molar refractivity (Wildman–Crippen MR) is 47.3 cm³/mol. The minimum atomic E-state index is -3.29. The van der Waals surface area contributed by atoms with Crippen LogP contribution < -0.4 is 0 Å². The smallest absolute Gasteiger partial charge is 0.401 e. The van der Waals surface area contributed by atoms with Gasteiger partial charge in [-0.3, -0.25) is 0 Å². The second-order valence-electron chi connectivity index (χ2n) is 2.36. The van der Waals surface area contributed by atoms with Crippen molar-refractivity contribution in [2.24, 2.45) is 0 Å². The van der Waals surface area contributed by atoms with E-state index < -0.39 is 10.9 Å². The van der Waals surface area contributed by atoms with Crippen molar-refractivity contribution < 1.29 is 18.3 Å². The highest BCUT2D eigenvalue weighted by molar-refractivity contribution is 9.09. The molecule has 0 spiro atoms. The van der Waals surface area contributed by atoms with Gasteiger partial charge in [0.05, 0.1) is 18.4 Å². The molecule has 78 valence electrons. The molecule has 4 nitrogen and oxygen atoms in total. The topological polar surface area (TPSA) is 44.1 Å². The number of aromatic nitrogens is 2. The van der Waals surface area contributed by atoms with Crippen LogP contribution in [0.3, 0.4) is 0 Å². The van der Waals surface area contributed by atoms with Gasteiger partial charge < -0.3 is 4.74 Å². The van der Waals surface area contributed by atoms with Crippen molar-refractivity contribution in [2.45, 2.75) is 11.9 Å². The van der Waals surface area contributed by atoms with Crippen LogP contribution in [0, 0.1) is 0 Å². The molecule has 0 saturated heterocycles. The van der Waals surface area contributed by atoms with Gasteiger partial charge >= 0.3 is 10.9 Å². The lowest BCUT2D eigenvalue weighted by atomic mass is 10.4. The summed E-state index contributed by atoms with van der Waals surface area (Å²) in [6.07, 6.45) is 1.93. The number of rotatable bonds is 3. The van der Waals surface area contributed by atoms with Crippen LogP contribution in [0.2, 0.25) is 0 Å². The van der Waals surface area contributed by atoms with Crippen LogP contribution in [-0.2, 0) is 9.69 Å². The van der Waals surface area contributed by atoms with Crippen LogP contribution in [0.1, 0.15) is 17.3 Å². The normalized spacial score (nSPS) is 11.4. The fourth-order valence-electron chi connectivity index (χ4n) is 0.781. The molecular formula is C7H7BrF2N2O2. The Bertz CT molecular complexity index is 335. The molecule has 0 aliphatic rings. The maximum Gasteiger partial charge on any atom is 0.401 e. The van der Waals surface area contributed by atoms with Crippen molar-refractivity contribution in [3.05, 3.63) is 18.0 Å². The number of halogens is 3. The quantitative estimate of drug-likeness (QED) is 0.622. The van der Waals surface area contributed by atoms with Crippen LogP contribution >= 0.6 is 15.9 Å². The molecule has 0 unspecified atom stereocenters. The van der Waals surface area contributed by atoms with Gasteiger partial charge in [-0.05, 0) is 6.92 Å². The molecule has 0 atom stereocenters. The van der Waals surface area contributed by atoms with Gasteiger partial charge in [-0.2, -0.15) is 18.6 Å². The molecule has 0 fully saturated rings. The fourth-order valence-corrected chi connectivity index (χ4v) is 0.975. The third-order valence-electron chi connectivity index (χ3n) is 1.35. The Labute approximate surface area is 87.0 Å². The third kappa shape index (κ3) is 2.50. The summed E-state index contributed by atoms with van der Waals surface area (Å²) in [6, 6.07) is 0. The summed E-state index contributed by atoms with van der Waals surface area (Å²) in [5.74, 6) is -0.671. The second-order valence-corrected chi connectivity index (χ2v) is 3.32. The molecule has 0 aliphatic carbocycles. The van der Waals surface area contributed by atoms with Crippen LogP contribution in [0.25, 0.3) is 0 Å². The van der Waals surface area contributed by atoms with E-state index in [1.54, 1.807) is 6.92 Å². The lowest BCUT2D eigenvalue weighted by molar-refractivity contribution is 0.0198. The largest absolute Gasteiger partial charge is 0.462 e. The molecule has 14 heavy (non-hydrogen) atoms. The summed E-state index contributed by atoms with van der Waals surface area (Å²) in [5, 5.41) is 3.31. The van der Waals surface area contributed by atoms with Crippen LogP contribution in [0.15, 0.2) is 12.4 Å². The number of hydrogen-bond acceptors (Lipinski definition) is 3. The van der Waals surface area contributed by atoms with Crippen molar-refractivity contribution in [3.63, 3.8) is 0 Å². The van der Waals surface area contributed by atoms with Gasteiger partial charge in [0, 0.05) is 22.1 Å².